The van der Waals surface area contributed by atoms with E-state index in [-0.39, 0.29) is 0 Å². The fourth-order valence-corrected chi connectivity index (χ4v) is 1.44. The molecule has 1 saturated carbocycles. The van der Waals surface area contributed by atoms with E-state index in [1.807, 2.05) is 6.07 Å². The van der Waals surface area contributed by atoms with E-state index in [1.165, 1.54) is 19.2 Å². The summed E-state index contributed by atoms with van der Waals surface area (Å²) in [5.41, 5.74) is 0. The smallest absolute Gasteiger partial charge is 0.150 e. The summed E-state index contributed by atoms with van der Waals surface area (Å²) in [4.78, 5) is 16.4. The van der Waals surface area contributed by atoms with Gasteiger partial charge in [0.25, 0.3) is 0 Å². The van der Waals surface area contributed by atoms with Crippen LogP contribution in [0.25, 0.3) is 0 Å². The number of nitrogens with zero attached hydrogens (tertiary/aromatic N) is 4. The molecule has 2 heterocycles. The first kappa shape index (κ1) is 9.95. The van der Waals surface area contributed by atoms with Crippen LogP contribution in [0.15, 0.2) is 31.0 Å². The van der Waals surface area contributed by atoms with Crippen molar-refractivity contribution in [1.29, 1.82) is 0 Å². The average molecular weight is 228 g/mol. The summed E-state index contributed by atoms with van der Waals surface area (Å²) in [6.07, 6.45) is 8.88. The van der Waals surface area contributed by atoms with Gasteiger partial charge in [0.15, 0.2) is 0 Å². The zero-order valence-corrected chi connectivity index (χ0v) is 9.17. The molecule has 0 aromatic carbocycles. The van der Waals surface area contributed by atoms with Gasteiger partial charge in [-0.2, -0.15) is 0 Å². The van der Waals surface area contributed by atoms with Gasteiger partial charge >= 0.3 is 0 Å². The van der Waals surface area contributed by atoms with E-state index in [4.69, 9.17) is 0 Å². The van der Waals surface area contributed by atoms with E-state index in [9.17, 15) is 0 Å². The molecule has 0 aliphatic heterocycles. The zero-order valence-electron chi connectivity index (χ0n) is 9.17. The lowest BCUT2D eigenvalue weighted by Crippen LogP contribution is -2.04. The van der Waals surface area contributed by atoms with Crippen molar-refractivity contribution >= 4 is 17.5 Å². The molecule has 2 aromatic rings. The lowest BCUT2D eigenvalue weighted by atomic mass is 10.5. The number of hydrogen-bond donors (Lipinski definition) is 2. The van der Waals surface area contributed by atoms with E-state index < -0.39 is 0 Å². The van der Waals surface area contributed by atoms with E-state index in [0.29, 0.717) is 17.7 Å². The molecule has 86 valence electrons. The maximum Gasteiger partial charge on any atom is 0.150 e. The molecule has 2 aromatic heterocycles. The molecular weight excluding hydrogens is 216 g/mol. The molecule has 17 heavy (non-hydrogen) atoms. The van der Waals surface area contributed by atoms with Crippen LogP contribution in [0.2, 0.25) is 0 Å². The van der Waals surface area contributed by atoms with E-state index in [0.717, 1.165) is 5.82 Å². The van der Waals surface area contributed by atoms with Crippen LogP contribution in [0, 0.1) is 0 Å². The third kappa shape index (κ3) is 2.66. The Morgan fingerprint density at radius 1 is 1.00 bits per heavy atom. The van der Waals surface area contributed by atoms with Crippen LogP contribution >= 0.6 is 0 Å². The van der Waals surface area contributed by atoms with Crippen LogP contribution in [-0.4, -0.2) is 26.0 Å². The second kappa shape index (κ2) is 4.32. The Balaban J connectivity index is 1.73. The van der Waals surface area contributed by atoms with Crippen molar-refractivity contribution in [2.45, 2.75) is 18.9 Å². The van der Waals surface area contributed by atoms with Crippen LogP contribution in [0.1, 0.15) is 12.8 Å². The van der Waals surface area contributed by atoms with E-state index in [2.05, 4.69) is 30.6 Å². The van der Waals surface area contributed by atoms with E-state index in [1.54, 1.807) is 18.6 Å². The van der Waals surface area contributed by atoms with Gasteiger partial charge in [-0.3, -0.25) is 4.98 Å². The largest absolute Gasteiger partial charge is 0.367 e. The molecule has 0 spiro atoms. The minimum Gasteiger partial charge on any atom is -0.367 e. The summed E-state index contributed by atoms with van der Waals surface area (Å²) < 4.78 is 0. The first-order chi connectivity index (χ1) is 8.40. The van der Waals surface area contributed by atoms with Gasteiger partial charge in [-0.05, 0) is 12.8 Å². The predicted octanol–water partition coefficient (Wildman–Crippen LogP) is 1.58. The predicted molar refractivity (Wildman–Crippen MR) is 64.0 cm³/mol. The maximum absolute atomic E-state index is 4.16. The normalized spacial score (nSPS) is 14.4. The molecule has 6 nitrogen and oxygen atoms in total. The van der Waals surface area contributed by atoms with Gasteiger partial charge < -0.3 is 10.6 Å². The third-order valence-electron chi connectivity index (χ3n) is 2.42. The quantitative estimate of drug-likeness (QED) is 0.827. The molecular formula is C11H12N6. The fraction of sp³-hybridized carbons (Fsp3) is 0.273. The molecule has 0 bridgehead atoms. The first-order valence-electron chi connectivity index (χ1n) is 5.52. The summed E-state index contributed by atoms with van der Waals surface area (Å²) in [7, 11) is 0. The molecule has 0 amide bonds. The van der Waals surface area contributed by atoms with Crippen molar-refractivity contribution in [3.63, 3.8) is 0 Å². The highest BCUT2D eigenvalue weighted by atomic mass is 15.1. The van der Waals surface area contributed by atoms with E-state index >= 15 is 0 Å². The average Bonchev–Trinajstić information content (AvgIpc) is 3.15. The molecule has 0 unspecified atom stereocenters. The van der Waals surface area contributed by atoms with Gasteiger partial charge in [0, 0.05) is 24.5 Å². The summed E-state index contributed by atoms with van der Waals surface area (Å²) >= 11 is 0. The minimum absolute atomic E-state index is 0.578. The molecule has 2 N–H and O–H groups in total. The summed E-state index contributed by atoms with van der Waals surface area (Å²) in [5.74, 6) is 2.22. The molecule has 1 fully saturated rings. The maximum atomic E-state index is 4.16. The second-order valence-electron chi connectivity index (χ2n) is 3.92. The lowest BCUT2D eigenvalue weighted by Gasteiger charge is -2.06. The molecule has 3 rings (SSSR count). The standard InChI is InChI=1S/C11H12N6/c1-2-8(1)16-9-5-10(15-7-14-9)17-11-6-12-3-4-13-11/h3-8H,1-2H2,(H2,13,14,15,16,17). The molecule has 0 saturated heterocycles. The van der Waals surface area contributed by atoms with Crippen LogP contribution in [-0.2, 0) is 0 Å². The number of nitrogens with one attached hydrogen (secondary N) is 2. The van der Waals surface area contributed by atoms with Crippen molar-refractivity contribution in [3.05, 3.63) is 31.0 Å². The van der Waals surface area contributed by atoms with Crippen molar-refractivity contribution in [3.8, 4) is 0 Å². The molecule has 1 aliphatic rings. The topological polar surface area (TPSA) is 75.6 Å². The third-order valence-corrected chi connectivity index (χ3v) is 2.42. The Hall–Kier alpha value is -2.24. The summed E-state index contributed by atoms with van der Waals surface area (Å²) in [6, 6.07) is 2.45. The van der Waals surface area contributed by atoms with Gasteiger partial charge in [-0.1, -0.05) is 0 Å². The number of rotatable bonds is 4. The second-order valence-corrected chi connectivity index (χ2v) is 3.92. The van der Waals surface area contributed by atoms with Gasteiger partial charge in [0.2, 0.25) is 0 Å². The molecule has 6 heteroatoms. The highest BCUT2D eigenvalue weighted by Crippen LogP contribution is 2.24. The number of hydrogen-bond acceptors (Lipinski definition) is 6. The monoisotopic (exact) mass is 228 g/mol. The Morgan fingerprint density at radius 3 is 2.65 bits per heavy atom. The highest BCUT2D eigenvalue weighted by molar-refractivity contribution is 5.55. The first-order valence-corrected chi connectivity index (χ1v) is 5.52. The minimum atomic E-state index is 0.578. The van der Waals surface area contributed by atoms with Crippen molar-refractivity contribution in [1.82, 2.24) is 19.9 Å². The van der Waals surface area contributed by atoms with Crippen LogP contribution < -0.4 is 10.6 Å². The number of aromatic nitrogens is 4. The summed E-state index contributed by atoms with van der Waals surface area (Å²) in [5, 5.41) is 6.39. The Kier molecular flexibility index (Phi) is 2.53. The molecule has 0 atom stereocenters. The van der Waals surface area contributed by atoms with Crippen molar-refractivity contribution in [2.24, 2.45) is 0 Å². The Labute approximate surface area is 98.6 Å². The lowest BCUT2D eigenvalue weighted by molar-refractivity contribution is 1.08. The number of anilines is 3. The van der Waals surface area contributed by atoms with Gasteiger partial charge in [-0.15, -0.1) is 0 Å². The van der Waals surface area contributed by atoms with Gasteiger partial charge in [0.05, 0.1) is 6.20 Å². The fourth-order valence-electron chi connectivity index (χ4n) is 1.44. The Morgan fingerprint density at radius 2 is 1.88 bits per heavy atom. The molecule has 0 radical (unpaired) electrons. The van der Waals surface area contributed by atoms with Gasteiger partial charge in [0.1, 0.15) is 23.8 Å². The van der Waals surface area contributed by atoms with Crippen molar-refractivity contribution < 1.29 is 0 Å². The van der Waals surface area contributed by atoms with Crippen molar-refractivity contribution in [2.75, 3.05) is 10.6 Å². The molecule has 1 aliphatic carbocycles. The van der Waals surface area contributed by atoms with Crippen LogP contribution in [0.4, 0.5) is 17.5 Å². The van der Waals surface area contributed by atoms with Crippen LogP contribution in [0.3, 0.4) is 0 Å². The summed E-state index contributed by atoms with van der Waals surface area (Å²) in [6.45, 7) is 0. The Bertz CT molecular complexity index is 496. The SMILES string of the molecule is c1cnc(Nc2cc(NC3CC3)ncn2)cn1. The van der Waals surface area contributed by atoms with Gasteiger partial charge in [-0.25, -0.2) is 15.0 Å². The highest BCUT2D eigenvalue weighted by Gasteiger charge is 2.21. The van der Waals surface area contributed by atoms with Crippen LogP contribution in [0.5, 0.6) is 0 Å². The zero-order chi connectivity index (χ0) is 11.5.